The molecule has 1 N–H and O–H groups in total. The number of hydrogen-bond acceptors (Lipinski definition) is 7. The lowest BCUT2D eigenvalue weighted by molar-refractivity contribution is 0.0928. The number of benzene rings is 1. The normalized spacial score (nSPS) is 11.3. The first-order valence-corrected chi connectivity index (χ1v) is 10.7. The van der Waals surface area contributed by atoms with Crippen LogP contribution in [0.1, 0.15) is 16.2 Å². The lowest BCUT2D eigenvalue weighted by Crippen LogP contribution is -2.25. The molecule has 5 rings (SSSR count). The number of fused-ring (bicyclic) bond motifs is 2. The van der Waals surface area contributed by atoms with Gasteiger partial charge in [0.15, 0.2) is 22.9 Å². The summed E-state index contributed by atoms with van der Waals surface area (Å²) in [4.78, 5) is 19.0. The Kier molecular flexibility index (Phi) is 4.53. The van der Waals surface area contributed by atoms with E-state index < -0.39 is 0 Å². The molecule has 1 amide bonds. The maximum atomic E-state index is 12.5. The Labute approximate surface area is 173 Å². The highest BCUT2D eigenvalue weighted by atomic mass is 32.1. The number of para-hydroxylation sites is 1. The number of methoxy groups -OCH3 is 1. The van der Waals surface area contributed by atoms with Crippen molar-refractivity contribution in [3.05, 3.63) is 58.6 Å². The van der Waals surface area contributed by atoms with Crippen LogP contribution in [-0.4, -0.2) is 34.2 Å². The van der Waals surface area contributed by atoms with E-state index in [-0.39, 0.29) is 11.7 Å². The first-order valence-electron chi connectivity index (χ1n) is 8.94. The number of aromatic nitrogens is 3. The number of nitrogens with zero attached hydrogens (tertiary/aromatic N) is 3. The van der Waals surface area contributed by atoms with Gasteiger partial charge in [0, 0.05) is 23.7 Å². The quantitative estimate of drug-likeness (QED) is 0.441. The molecule has 0 spiro atoms. The van der Waals surface area contributed by atoms with Gasteiger partial charge < -0.3 is 14.5 Å². The van der Waals surface area contributed by atoms with E-state index in [1.165, 1.54) is 0 Å². The fourth-order valence-electron chi connectivity index (χ4n) is 3.11. The van der Waals surface area contributed by atoms with Gasteiger partial charge in [0.1, 0.15) is 0 Å². The fraction of sp³-hybridized carbons (Fsp3) is 0.150. The molecule has 0 aliphatic heterocycles. The van der Waals surface area contributed by atoms with Crippen molar-refractivity contribution in [2.24, 2.45) is 0 Å². The van der Waals surface area contributed by atoms with Crippen molar-refractivity contribution in [3.63, 3.8) is 0 Å². The Morgan fingerprint density at radius 2 is 2.21 bits per heavy atom. The summed E-state index contributed by atoms with van der Waals surface area (Å²) in [5, 5.41) is 12.4. The van der Waals surface area contributed by atoms with E-state index in [9.17, 15) is 4.79 Å². The predicted molar refractivity (Wildman–Crippen MR) is 113 cm³/mol. The Balaban J connectivity index is 1.28. The largest absolute Gasteiger partial charge is 0.493 e. The van der Waals surface area contributed by atoms with Crippen LogP contribution in [0.15, 0.2) is 51.6 Å². The summed E-state index contributed by atoms with van der Waals surface area (Å²) in [6.07, 6.45) is 0.641. The molecule has 0 fully saturated rings. The summed E-state index contributed by atoms with van der Waals surface area (Å²) in [5.41, 5.74) is 1.58. The Morgan fingerprint density at radius 1 is 1.28 bits per heavy atom. The smallest absolute Gasteiger partial charge is 0.287 e. The number of thiophene rings is 1. The van der Waals surface area contributed by atoms with Crippen LogP contribution in [-0.2, 0) is 6.42 Å². The SMILES string of the molecule is COc1cccc2cc(C(=O)NCCc3csc4nc(-c5cccs5)nn34)oc12. The first kappa shape index (κ1) is 17.9. The maximum Gasteiger partial charge on any atom is 0.287 e. The molecule has 0 unspecified atom stereocenters. The molecular formula is C20H16N4O3S2. The summed E-state index contributed by atoms with van der Waals surface area (Å²) in [5.74, 6) is 1.34. The van der Waals surface area contributed by atoms with Crippen LogP contribution < -0.4 is 10.1 Å². The third kappa shape index (κ3) is 3.28. The van der Waals surface area contributed by atoms with E-state index >= 15 is 0 Å². The number of hydrogen-bond donors (Lipinski definition) is 1. The van der Waals surface area contributed by atoms with Crippen molar-refractivity contribution in [3.8, 4) is 16.5 Å². The molecule has 0 aliphatic rings. The van der Waals surface area contributed by atoms with Crippen molar-refractivity contribution >= 4 is 44.5 Å². The minimum absolute atomic E-state index is 0.257. The summed E-state index contributed by atoms with van der Waals surface area (Å²) in [7, 11) is 1.58. The average molecular weight is 425 g/mol. The average Bonchev–Trinajstić information content (AvgIpc) is 3.50. The van der Waals surface area contributed by atoms with Gasteiger partial charge in [-0.25, -0.2) is 4.52 Å². The molecule has 1 aromatic carbocycles. The van der Waals surface area contributed by atoms with Gasteiger partial charge >= 0.3 is 0 Å². The third-order valence-electron chi connectivity index (χ3n) is 4.51. The standard InChI is InChI=1S/C20H16N4O3S2/c1-26-14-5-2-4-12-10-15(27-17(12)14)19(25)21-8-7-13-11-29-20-22-18(23-24(13)20)16-6-3-9-28-16/h2-6,9-11H,7-8H2,1H3,(H,21,25). The van der Waals surface area contributed by atoms with Gasteiger partial charge in [0.05, 0.1) is 17.7 Å². The lowest BCUT2D eigenvalue weighted by Gasteiger charge is -2.02. The molecule has 146 valence electrons. The molecule has 7 nitrogen and oxygen atoms in total. The van der Waals surface area contributed by atoms with Gasteiger partial charge in [-0.05, 0) is 23.6 Å². The van der Waals surface area contributed by atoms with Crippen molar-refractivity contribution < 1.29 is 13.9 Å². The molecule has 29 heavy (non-hydrogen) atoms. The second-order valence-electron chi connectivity index (χ2n) is 6.33. The van der Waals surface area contributed by atoms with E-state index in [2.05, 4.69) is 15.4 Å². The van der Waals surface area contributed by atoms with Crippen LogP contribution in [0, 0.1) is 0 Å². The van der Waals surface area contributed by atoms with E-state index in [1.807, 2.05) is 39.5 Å². The lowest BCUT2D eigenvalue weighted by atomic mass is 10.2. The zero-order valence-corrected chi connectivity index (χ0v) is 17.0. The zero-order chi connectivity index (χ0) is 19.8. The van der Waals surface area contributed by atoms with Crippen molar-refractivity contribution in [2.45, 2.75) is 6.42 Å². The van der Waals surface area contributed by atoms with Gasteiger partial charge in [-0.2, -0.15) is 4.98 Å². The van der Waals surface area contributed by atoms with Crippen molar-refractivity contribution in [1.29, 1.82) is 0 Å². The van der Waals surface area contributed by atoms with Gasteiger partial charge in [0.25, 0.3) is 5.91 Å². The molecule has 0 saturated carbocycles. The Hall–Kier alpha value is -3.17. The van der Waals surface area contributed by atoms with Crippen LogP contribution in [0.3, 0.4) is 0 Å². The molecular weight excluding hydrogens is 408 g/mol. The molecule has 5 aromatic rings. The van der Waals surface area contributed by atoms with Crippen LogP contribution >= 0.6 is 22.7 Å². The number of rotatable bonds is 6. The molecule has 0 aliphatic carbocycles. The molecule has 4 heterocycles. The Bertz CT molecular complexity index is 1300. The van der Waals surface area contributed by atoms with Crippen LogP contribution in [0.5, 0.6) is 5.75 Å². The van der Waals surface area contributed by atoms with Crippen LogP contribution in [0.2, 0.25) is 0 Å². The molecule has 0 atom stereocenters. The van der Waals surface area contributed by atoms with Gasteiger partial charge in [-0.1, -0.05) is 18.2 Å². The highest BCUT2D eigenvalue weighted by Gasteiger charge is 2.16. The van der Waals surface area contributed by atoms with Crippen molar-refractivity contribution in [2.75, 3.05) is 13.7 Å². The second kappa shape index (κ2) is 7.34. The fourth-order valence-corrected chi connectivity index (χ4v) is 4.62. The molecule has 9 heteroatoms. The number of furan rings is 1. The van der Waals surface area contributed by atoms with Gasteiger partial charge in [-0.3, -0.25) is 4.79 Å². The third-order valence-corrected chi connectivity index (χ3v) is 6.24. The molecule has 0 saturated heterocycles. The van der Waals surface area contributed by atoms with Crippen LogP contribution in [0.25, 0.3) is 26.6 Å². The number of nitrogens with one attached hydrogen (secondary N) is 1. The first-order chi connectivity index (χ1) is 14.2. The maximum absolute atomic E-state index is 12.5. The number of carbonyl (C=O) groups excluding carboxylic acids is 1. The number of ether oxygens (including phenoxy) is 1. The Morgan fingerprint density at radius 3 is 3.03 bits per heavy atom. The van der Waals surface area contributed by atoms with Crippen LogP contribution in [0.4, 0.5) is 0 Å². The van der Waals surface area contributed by atoms with E-state index in [1.54, 1.807) is 41.9 Å². The van der Waals surface area contributed by atoms with E-state index in [0.717, 1.165) is 26.7 Å². The summed E-state index contributed by atoms with van der Waals surface area (Å²) in [6.45, 7) is 0.465. The minimum atomic E-state index is -0.257. The van der Waals surface area contributed by atoms with Crippen molar-refractivity contribution in [1.82, 2.24) is 19.9 Å². The molecule has 0 bridgehead atoms. The highest BCUT2D eigenvalue weighted by molar-refractivity contribution is 7.15. The molecule has 0 radical (unpaired) electrons. The summed E-state index contributed by atoms with van der Waals surface area (Å²) in [6, 6.07) is 11.3. The molecule has 4 aromatic heterocycles. The highest BCUT2D eigenvalue weighted by Crippen LogP contribution is 2.28. The summed E-state index contributed by atoms with van der Waals surface area (Å²) >= 11 is 3.16. The number of amides is 1. The van der Waals surface area contributed by atoms with Gasteiger partial charge in [0.2, 0.25) is 4.96 Å². The van der Waals surface area contributed by atoms with E-state index in [4.69, 9.17) is 9.15 Å². The van der Waals surface area contributed by atoms with E-state index in [0.29, 0.717) is 24.3 Å². The topological polar surface area (TPSA) is 81.7 Å². The second-order valence-corrected chi connectivity index (χ2v) is 8.11. The summed E-state index contributed by atoms with van der Waals surface area (Å²) < 4.78 is 12.8. The number of thiazole rings is 1. The monoisotopic (exact) mass is 424 g/mol. The minimum Gasteiger partial charge on any atom is -0.493 e. The predicted octanol–water partition coefficient (Wildman–Crippen LogP) is 4.25. The number of carbonyl (C=O) groups is 1. The zero-order valence-electron chi connectivity index (χ0n) is 15.4. The van der Waals surface area contributed by atoms with Gasteiger partial charge in [-0.15, -0.1) is 27.8 Å².